The average molecular weight is 1040 g/mol. The Kier molecular flexibility index (Phi) is 51.9. The highest BCUT2D eigenvalue weighted by Crippen LogP contribution is 2.25. The quantitative estimate of drug-likeness (QED) is 0.0394. The molecule has 1 aliphatic heterocycles. The molecular formula is C49H97NO17S2. The van der Waals surface area contributed by atoms with Crippen LogP contribution < -0.4 is 5.32 Å². The van der Waals surface area contributed by atoms with Gasteiger partial charge in [0.1, 0.15) is 24.4 Å². The molecule has 0 radical (unpaired) electrons. The summed E-state index contributed by atoms with van der Waals surface area (Å²) in [5.74, 6) is 2.16. The molecule has 18 nitrogen and oxygen atoms in total. The van der Waals surface area contributed by atoms with Crippen molar-refractivity contribution >= 4 is 27.5 Å². The second-order valence-electron chi connectivity index (χ2n) is 16.8. The number of carbonyl (C=O) groups is 1. The monoisotopic (exact) mass is 1040 g/mol. The van der Waals surface area contributed by atoms with Crippen LogP contribution in [-0.4, -0.2) is 220 Å². The zero-order valence-corrected chi connectivity index (χ0v) is 44.1. The van der Waals surface area contributed by atoms with Gasteiger partial charge < -0.3 is 82.6 Å². The second kappa shape index (κ2) is 53.8. The Morgan fingerprint density at radius 1 is 0.420 bits per heavy atom. The average Bonchev–Trinajstić information content (AvgIpc) is 3.34. The second-order valence-corrected chi connectivity index (χ2v) is 19.5. The Morgan fingerprint density at radius 3 is 1.06 bits per heavy atom. The summed E-state index contributed by atoms with van der Waals surface area (Å²) in [4.78, 5) is 11.5. The van der Waals surface area contributed by atoms with Crippen molar-refractivity contribution in [3.8, 4) is 0 Å². The van der Waals surface area contributed by atoms with Crippen molar-refractivity contribution in [1.82, 2.24) is 5.32 Å². The highest BCUT2D eigenvalue weighted by atomic mass is 33.1. The molecule has 1 amide bonds. The normalized spacial score (nSPS) is 18.4. The van der Waals surface area contributed by atoms with Crippen molar-refractivity contribution < 1.29 is 82.1 Å². The summed E-state index contributed by atoms with van der Waals surface area (Å²) in [6, 6.07) is -0.983. The fourth-order valence-electron chi connectivity index (χ4n) is 7.01. The molecule has 1 rings (SSSR count). The number of rotatable bonds is 56. The van der Waals surface area contributed by atoms with Crippen LogP contribution in [0.5, 0.6) is 0 Å². The number of amides is 1. The predicted octanol–water partition coefficient (Wildman–Crippen LogP) is 5.12. The van der Waals surface area contributed by atoms with Crippen molar-refractivity contribution in [1.29, 1.82) is 0 Å². The maximum absolute atomic E-state index is 11.5. The van der Waals surface area contributed by atoms with Crippen molar-refractivity contribution in [3.05, 3.63) is 0 Å². The lowest BCUT2D eigenvalue weighted by Crippen LogP contribution is -2.64. The van der Waals surface area contributed by atoms with E-state index in [2.05, 4.69) is 26.9 Å². The van der Waals surface area contributed by atoms with Crippen LogP contribution in [-0.2, 0) is 61.6 Å². The summed E-state index contributed by atoms with van der Waals surface area (Å²) in [5.41, 5.74) is 0. The first-order valence-corrected chi connectivity index (χ1v) is 28.6. The van der Waals surface area contributed by atoms with E-state index in [1.165, 1.54) is 115 Å². The third kappa shape index (κ3) is 44.7. The van der Waals surface area contributed by atoms with E-state index in [1.807, 2.05) is 0 Å². The molecule has 5 atom stereocenters. The molecule has 69 heavy (non-hydrogen) atoms. The molecule has 0 aliphatic carbocycles. The van der Waals surface area contributed by atoms with Gasteiger partial charge in [0.2, 0.25) is 5.91 Å². The molecule has 0 saturated carbocycles. The van der Waals surface area contributed by atoms with Crippen molar-refractivity contribution in [2.75, 3.05) is 163 Å². The van der Waals surface area contributed by atoms with Crippen molar-refractivity contribution in [2.45, 2.75) is 147 Å². The Bertz CT molecular complexity index is 1050. The molecule has 1 aliphatic rings. The number of ether oxygens (including phenoxy) is 12. The van der Waals surface area contributed by atoms with Gasteiger partial charge in [-0.15, -0.1) is 0 Å². The highest BCUT2D eigenvalue weighted by molar-refractivity contribution is 8.76. The van der Waals surface area contributed by atoms with Crippen LogP contribution >= 0.6 is 21.6 Å². The minimum atomic E-state index is -1.36. The molecule has 2 unspecified atom stereocenters. The minimum absolute atomic E-state index is 0.0438. The maximum atomic E-state index is 11.5. The Hall–Kier alpha value is -0.470. The molecule has 1 saturated heterocycles. The van der Waals surface area contributed by atoms with E-state index in [4.69, 9.17) is 61.9 Å². The first-order valence-electron chi connectivity index (χ1n) is 26.1. The first kappa shape index (κ1) is 66.5. The minimum Gasteiger partial charge on any atom is -0.394 e. The third-order valence-electron chi connectivity index (χ3n) is 10.8. The Morgan fingerprint density at radius 2 is 0.725 bits per heavy atom. The van der Waals surface area contributed by atoms with Gasteiger partial charge >= 0.3 is 0 Å². The van der Waals surface area contributed by atoms with E-state index >= 15 is 0 Å². The first-order chi connectivity index (χ1) is 34.0. The number of hydrogen-bond donors (Lipinski definition) is 5. The van der Waals surface area contributed by atoms with E-state index in [0.29, 0.717) is 112 Å². The van der Waals surface area contributed by atoms with Crippen LogP contribution in [0, 0.1) is 0 Å². The number of hydrogen-bond acceptors (Lipinski definition) is 19. The molecule has 0 aromatic rings. The van der Waals surface area contributed by atoms with E-state index in [-0.39, 0.29) is 19.8 Å². The smallest absolute Gasteiger partial charge is 0.217 e. The van der Waals surface area contributed by atoms with E-state index in [9.17, 15) is 20.1 Å². The summed E-state index contributed by atoms with van der Waals surface area (Å²) < 4.78 is 66.1. The molecule has 1 heterocycles. The molecule has 0 spiro atoms. The summed E-state index contributed by atoms with van der Waals surface area (Å²) in [5, 5.41) is 40.9. The largest absolute Gasteiger partial charge is 0.394 e. The fraction of sp³-hybridized carbons (Fsp3) is 0.980. The summed E-state index contributed by atoms with van der Waals surface area (Å²) in [7, 11) is 4.14. The molecular weight excluding hydrogens is 939 g/mol. The predicted molar refractivity (Wildman–Crippen MR) is 270 cm³/mol. The van der Waals surface area contributed by atoms with Crippen LogP contribution in [0.25, 0.3) is 0 Å². The van der Waals surface area contributed by atoms with E-state index in [0.717, 1.165) is 26.1 Å². The molecule has 0 aromatic heterocycles. The van der Waals surface area contributed by atoms with Gasteiger partial charge in [-0.1, -0.05) is 105 Å². The number of aliphatic hydroxyl groups is 4. The van der Waals surface area contributed by atoms with Crippen molar-refractivity contribution in [2.24, 2.45) is 0 Å². The SMILES string of the molecule is CC(=O)NC1[C@H](OCCOCCOCCOCCOCCOCCOCCCCCCCCCCSSCCCCCCCCCCCOCCOCCOCCOCCO)OC(CO)[C@@H](O)[C@@H]1O. The van der Waals surface area contributed by atoms with Crippen molar-refractivity contribution in [3.63, 3.8) is 0 Å². The van der Waals surface area contributed by atoms with Gasteiger partial charge in [0.15, 0.2) is 6.29 Å². The molecule has 0 aromatic carbocycles. The van der Waals surface area contributed by atoms with Crippen LogP contribution in [0.2, 0.25) is 0 Å². The number of nitrogens with one attached hydrogen (secondary N) is 1. The summed E-state index contributed by atoms with van der Waals surface area (Å²) in [6.07, 6.45) is 17.4. The Labute approximate surface area is 423 Å². The molecule has 0 bridgehead atoms. The van der Waals surface area contributed by atoms with Crippen LogP contribution in [0.3, 0.4) is 0 Å². The molecule has 20 heteroatoms. The van der Waals surface area contributed by atoms with Gasteiger partial charge in [-0.05, 0) is 25.7 Å². The number of aliphatic hydroxyl groups excluding tert-OH is 4. The zero-order valence-electron chi connectivity index (χ0n) is 42.5. The standard InChI is InChI=1S/C49H97NO17S2/c1-44(53)50-46-48(55)47(54)45(43-52)67-49(46)66-40-39-65-38-37-64-36-35-63-34-33-62-32-30-60-27-24-57-21-16-12-8-4-6-10-14-18-42-69-68-41-17-13-9-5-2-3-7-11-15-20-56-23-26-59-29-31-61-28-25-58-22-19-51/h45-49,51-52,54-55H,2-43H2,1H3,(H,50,53)/t45?,46?,47-,48-,49-/m1/s1. The highest BCUT2D eigenvalue weighted by Gasteiger charge is 2.45. The van der Waals surface area contributed by atoms with Gasteiger partial charge in [-0.25, -0.2) is 0 Å². The third-order valence-corrected chi connectivity index (χ3v) is 13.4. The fourth-order valence-corrected chi connectivity index (χ4v) is 9.30. The van der Waals surface area contributed by atoms with Crippen LogP contribution in [0.4, 0.5) is 0 Å². The maximum Gasteiger partial charge on any atom is 0.217 e. The zero-order chi connectivity index (χ0) is 49.8. The molecule has 5 N–H and O–H groups in total. The van der Waals surface area contributed by atoms with Crippen LogP contribution in [0.1, 0.15) is 116 Å². The topological polar surface area (TPSA) is 221 Å². The van der Waals surface area contributed by atoms with E-state index in [1.54, 1.807) is 0 Å². The lowest BCUT2D eigenvalue weighted by atomic mass is 9.97. The molecule has 412 valence electrons. The van der Waals surface area contributed by atoms with Gasteiger partial charge in [-0.3, -0.25) is 4.79 Å². The van der Waals surface area contributed by atoms with Gasteiger partial charge in [0, 0.05) is 31.6 Å². The van der Waals surface area contributed by atoms with Gasteiger partial charge in [0.25, 0.3) is 0 Å². The number of carbonyl (C=O) groups excluding carboxylic acids is 1. The van der Waals surface area contributed by atoms with Crippen LogP contribution in [0.15, 0.2) is 0 Å². The van der Waals surface area contributed by atoms with Gasteiger partial charge in [-0.2, -0.15) is 0 Å². The van der Waals surface area contributed by atoms with E-state index < -0.39 is 43.2 Å². The lowest BCUT2D eigenvalue weighted by Gasteiger charge is -2.42. The summed E-state index contributed by atoms with van der Waals surface area (Å²) in [6.45, 7) is 11.3. The lowest BCUT2D eigenvalue weighted by molar-refractivity contribution is -0.272. The summed E-state index contributed by atoms with van der Waals surface area (Å²) >= 11 is 0. The van der Waals surface area contributed by atoms with Gasteiger partial charge in [0.05, 0.1) is 139 Å². The Balaban J connectivity index is 1.66. The molecule has 1 fully saturated rings. The number of unbranched alkanes of at least 4 members (excludes halogenated alkanes) is 15.